The van der Waals surface area contributed by atoms with E-state index in [2.05, 4.69) is 15.9 Å². The molecule has 0 saturated carbocycles. The normalized spacial score (nSPS) is 10.1. The predicted molar refractivity (Wildman–Crippen MR) is 86.5 cm³/mol. The first kappa shape index (κ1) is 16.2. The van der Waals surface area contributed by atoms with E-state index in [-0.39, 0.29) is 12.2 Å². The quantitative estimate of drug-likeness (QED) is 0.445. The van der Waals surface area contributed by atoms with Gasteiger partial charge in [0.2, 0.25) is 0 Å². The number of carbonyl (C=O) groups excluding carboxylic acids is 2. The Bertz CT molecular complexity index is 668. The van der Waals surface area contributed by atoms with Gasteiger partial charge in [-0.3, -0.25) is 9.59 Å². The molecule has 2 aromatic rings. The third-order valence-electron chi connectivity index (χ3n) is 2.87. The number of rotatable bonds is 6. The molecule has 0 fully saturated rings. The molecule has 0 saturated heterocycles. The van der Waals surface area contributed by atoms with Crippen LogP contribution in [-0.4, -0.2) is 18.9 Å². The standard InChI is InChI=1S/C17H15BrO4/c1-2-21-15-9-13(11-19)8-14(18)17(15)22-16(20)10-12-6-4-3-5-7-12/h3-9,11H,2,10H2,1H3. The van der Waals surface area contributed by atoms with Crippen LogP contribution < -0.4 is 9.47 Å². The van der Waals surface area contributed by atoms with Crippen molar-refractivity contribution in [2.24, 2.45) is 0 Å². The number of hydrogen-bond acceptors (Lipinski definition) is 4. The SMILES string of the molecule is CCOc1cc(C=O)cc(Br)c1OC(=O)Cc1ccccc1. The molecule has 0 N–H and O–H groups in total. The summed E-state index contributed by atoms with van der Waals surface area (Å²) < 4.78 is 11.4. The summed E-state index contributed by atoms with van der Waals surface area (Å²) in [5.41, 5.74) is 1.31. The zero-order valence-corrected chi connectivity index (χ0v) is 13.6. The van der Waals surface area contributed by atoms with E-state index >= 15 is 0 Å². The Morgan fingerprint density at radius 1 is 1.23 bits per heavy atom. The van der Waals surface area contributed by atoms with Crippen molar-refractivity contribution < 1.29 is 19.1 Å². The third-order valence-corrected chi connectivity index (χ3v) is 3.46. The van der Waals surface area contributed by atoms with Crippen molar-refractivity contribution in [1.29, 1.82) is 0 Å². The molecule has 114 valence electrons. The molecule has 0 atom stereocenters. The van der Waals surface area contributed by atoms with E-state index in [0.717, 1.165) is 5.56 Å². The van der Waals surface area contributed by atoms with Crippen molar-refractivity contribution in [2.45, 2.75) is 13.3 Å². The molecule has 0 aromatic heterocycles. The highest BCUT2D eigenvalue weighted by atomic mass is 79.9. The number of halogens is 1. The van der Waals surface area contributed by atoms with Gasteiger partial charge in [0.15, 0.2) is 11.5 Å². The summed E-state index contributed by atoms with van der Waals surface area (Å²) in [6.07, 6.45) is 0.872. The summed E-state index contributed by atoms with van der Waals surface area (Å²) in [5.74, 6) is 0.250. The molecule has 0 amide bonds. The zero-order chi connectivity index (χ0) is 15.9. The Kier molecular flexibility index (Phi) is 5.72. The lowest BCUT2D eigenvalue weighted by atomic mass is 10.1. The van der Waals surface area contributed by atoms with Gasteiger partial charge in [0.05, 0.1) is 17.5 Å². The number of carbonyl (C=O) groups is 2. The summed E-state index contributed by atoms with van der Waals surface area (Å²) in [4.78, 5) is 23.0. The van der Waals surface area contributed by atoms with E-state index < -0.39 is 5.97 Å². The van der Waals surface area contributed by atoms with Gasteiger partial charge in [-0.15, -0.1) is 0 Å². The largest absolute Gasteiger partial charge is 0.490 e. The molecule has 5 heteroatoms. The number of esters is 1. The van der Waals surface area contributed by atoms with Gasteiger partial charge in [-0.05, 0) is 40.5 Å². The van der Waals surface area contributed by atoms with Crippen LogP contribution in [0.4, 0.5) is 0 Å². The van der Waals surface area contributed by atoms with Crippen molar-refractivity contribution in [3.63, 3.8) is 0 Å². The topological polar surface area (TPSA) is 52.6 Å². The van der Waals surface area contributed by atoms with Gasteiger partial charge in [-0.25, -0.2) is 0 Å². The number of benzene rings is 2. The maximum absolute atomic E-state index is 12.1. The predicted octanol–water partition coefficient (Wildman–Crippen LogP) is 3.81. The Balaban J connectivity index is 2.20. The van der Waals surface area contributed by atoms with Crippen LogP contribution in [0.25, 0.3) is 0 Å². The van der Waals surface area contributed by atoms with E-state index in [1.807, 2.05) is 37.3 Å². The molecule has 22 heavy (non-hydrogen) atoms. The van der Waals surface area contributed by atoms with Crippen LogP contribution in [-0.2, 0) is 11.2 Å². The van der Waals surface area contributed by atoms with Crippen molar-refractivity contribution >= 4 is 28.2 Å². The van der Waals surface area contributed by atoms with Gasteiger partial charge >= 0.3 is 5.97 Å². The molecule has 0 heterocycles. The van der Waals surface area contributed by atoms with Crippen LogP contribution in [0.5, 0.6) is 11.5 Å². The van der Waals surface area contributed by atoms with Gasteiger partial charge in [-0.2, -0.15) is 0 Å². The minimum Gasteiger partial charge on any atom is -0.490 e. The minimum absolute atomic E-state index is 0.161. The Hall–Kier alpha value is -2.14. The van der Waals surface area contributed by atoms with Crippen LogP contribution in [0, 0.1) is 0 Å². The molecule has 2 aromatic carbocycles. The first-order valence-corrected chi connectivity index (χ1v) is 7.59. The van der Waals surface area contributed by atoms with Gasteiger partial charge in [0, 0.05) is 5.56 Å². The average Bonchev–Trinajstić information content (AvgIpc) is 2.51. The van der Waals surface area contributed by atoms with E-state index in [9.17, 15) is 9.59 Å². The highest BCUT2D eigenvalue weighted by Crippen LogP contribution is 2.36. The van der Waals surface area contributed by atoms with Crippen LogP contribution in [0.2, 0.25) is 0 Å². The Labute approximate surface area is 137 Å². The molecule has 4 nitrogen and oxygen atoms in total. The van der Waals surface area contributed by atoms with Crippen molar-refractivity contribution in [3.8, 4) is 11.5 Å². The maximum atomic E-state index is 12.1. The van der Waals surface area contributed by atoms with Gasteiger partial charge in [0.25, 0.3) is 0 Å². The first-order chi connectivity index (χ1) is 10.6. The molecule has 0 spiro atoms. The lowest BCUT2D eigenvalue weighted by Crippen LogP contribution is -2.12. The molecule has 0 aliphatic heterocycles. The number of ether oxygens (including phenoxy) is 2. The van der Waals surface area contributed by atoms with Gasteiger partial charge in [-0.1, -0.05) is 30.3 Å². The summed E-state index contributed by atoms with van der Waals surface area (Å²) in [5, 5.41) is 0. The molecular formula is C17H15BrO4. The maximum Gasteiger partial charge on any atom is 0.315 e. The number of aldehydes is 1. The minimum atomic E-state index is -0.397. The summed E-state index contributed by atoms with van der Waals surface area (Å²) in [6, 6.07) is 12.5. The van der Waals surface area contributed by atoms with E-state index in [1.165, 1.54) is 0 Å². The molecule has 0 radical (unpaired) electrons. The first-order valence-electron chi connectivity index (χ1n) is 6.80. The summed E-state index contributed by atoms with van der Waals surface area (Å²) in [6.45, 7) is 2.22. The fourth-order valence-corrected chi connectivity index (χ4v) is 2.47. The molecule has 0 unspecified atom stereocenters. The van der Waals surface area contributed by atoms with E-state index in [0.29, 0.717) is 28.7 Å². The molecule has 0 bridgehead atoms. The van der Waals surface area contributed by atoms with Crippen LogP contribution in [0.1, 0.15) is 22.8 Å². The van der Waals surface area contributed by atoms with Crippen LogP contribution in [0.3, 0.4) is 0 Å². The third kappa shape index (κ3) is 4.18. The summed E-state index contributed by atoms with van der Waals surface area (Å²) in [7, 11) is 0. The number of hydrogen-bond donors (Lipinski definition) is 0. The Morgan fingerprint density at radius 3 is 2.59 bits per heavy atom. The Morgan fingerprint density at radius 2 is 1.95 bits per heavy atom. The second kappa shape index (κ2) is 7.75. The highest BCUT2D eigenvalue weighted by molar-refractivity contribution is 9.10. The van der Waals surface area contributed by atoms with Gasteiger partial charge in [0.1, 0.15) is 6.29 Å². The fraction of sp³-hybridized carbons (Fsp3) is 0.176. The zero-order valence-electron chi connectivity index (χ0n) is 12.0. The second-order valence-corrected chi connectivity index (χ2v) is 5.37. The van der Waals surface area contributed by atoms with Crippen LogP contribution >= 0.6 is 15.9 Å². The van der Waals surface area contributed by atoms with Crippen LogP contribution in [0.15, 0.2) is 46.9 Å². The monoisotopic (exact) mass is 362 g/mol. The average molecular weight is 363 g/mol. The van der Waals surface area contributed by atoms with Crippen molar-refractivity contribution in [1.82, 2.24) is 0 Å². The lowest BCUT2D eigenvalue weighted by molar-refractivity contribution is -0.133. The smallest absolute Gasteiger partial charge is 0.315 e. The van der Waals surface area contributed by atoms with Gasteiger partial charge < -0.3 is 9.47 Å². The molecule has 2 rings (SSSR count). The van der Waals surface area contributed by atoms with Crippen molar-refractivity contribution in [2.75, 3.05) is 6.61 Å². The lowest BCUT2D eigenvalue weighted by Gasteiger charge is -2.13. The molecule has 0 aliphatic carbocycles. The second-order valence-electron chi connectivity index (χ2n) is 4.52. The van der Waals surface area contributed by atoms with E-state index in [1.54, 1.807) is 12.1 Å². The fourth-order valence-electron chi connectivity index (χ4n) is 1.93. The molecule has 0 aliphatic rings. The summed E-state index contributed by atoms with van der Waals surface area (Å²) >= 11 is 3.31. The molecular weight excluding hydrogens is 348 g/mol. The van der Waals surface area contributed by atoms with E-state index in [4.69, 9.17) is 9.47 Å². The highest BCUT2D eigenvalue weighted by Gasteiger charge is 2.16. The van der Waals surface area contributed by atoms with Crippen molar-refractivity contribution in [3.05, 3.63) is 58.1 Å².